The van der Waals surface area contributed by atoms with E-state index in [4.69, 9.17) is 9.47 Å². The molecule has 134 valence electrons. The van der Waals surface area contributed by atoms with Crippen molar-refractivity contribution in [3.05, 3.63) is 35.9 Å². The number of aromatic hydroxyl groups is 1. The molecular formula is C19H23NO5. The predicted octanol–water partition coefficient (Wildman–Crippen LogP) is 3.65. The highest BCUT2D eigenvalue weighted by Crippen LogP contribution is 2.28. The molecule has 0 bridgehead atoms. The lowest BCUT2D eigenvalue weighted by atomic mass is 10.0. The van der Waals surface area contributed by atoms with Crippen LogP contribution >= 0.6 is 0 Å². The summed E-state index contributed by atoms with van der Waals surface area (Å²) >= 11 is 0. The Kier molecular flexibility index (Phi) is 5.51. The molecule has 0 saturated heterocycles. The highest BCUT2D eigenvalue weighted by atomic mass is 16.6. The van der Waals surface area contributed by atoms with Crippen molar-refractivity contribution in [3.8, 4) is 11.5 Å². The zero-order valence-electron chi connectivity index (χ0n) is 14.9. The Morgan fingerprint density at radius 2 is 1.84 bits per heavy atom. The Balaban J connectivity index is 1.95. The molecule has 0 aliphatic heterocycles. The summed E-state index contributed by atoms with van der Waals surface area (Å²) < 4.78 is 10.7. The maximum atomic E-state index is 11.5. The normalized spacial score (nSPS) is 11.2. The van der Waals surface area contributed by atoms with Crippen molar-refractivity contribution in [2.24, 2.45) is 0 Å². The molecule has 0 heterocycles. The minimum atomic E-state index is -0.538. The Hall–Kier alpha value is -2.76. The lowest BCUT2D eigenvalue weighted by Crippen LogP contribution is -2.34. The molecule has 0 radical (unpaired) electrons. The van der Waals surface area contributed by atoms with Crippen LogP contribution in [0, 0.1) is 0 Å². The SMILES string of the molecule is CC(=O)c1cc2ccc(OCCNC(=O)OC(C)(C)C)cc2cc1O. The van der Waals surface area contributed by atoms with E-state index in [1.54, 1.807) is 39.0 Å². The van der Waals surface area contributed by atoms with Gasteiger partial charge in [-0.15, -0.1) is 0 Å². The third-order valence-electron chi connectivity index (χ3n) is 3.34. The van der Waals surface area contributed by atoms with Gasteiger partial charge in [-0.1, -0.05) is 6.07 Å². The van der Waals surface area contributed by atoms with Gasteiger partial charge in [0, 0.05) is 0 Å². The minimum absolute atomic E-state index is 0.0521. The van der Waals surface area contributed by atoms with Crippen LogP contribution in [-0.2, 0) is 4.74 Å². The number of phenols is 1. The molecule has 0 saturated carbocycles. The van der Waals surface area contributed by atoms with Gasteiger partial charge < -0.3 is 19.9 Å². The first-order valence-electron chi connectivity index (χ1n) is 8.03. The van der Waals surface area contributed by atoms with E-state index in [2.05, 4.69) is 5.32 Å². The second-order valence-corrected chi connectivity index (χ2v) is 6.71. The lowest BCUT2D eigenvalue weighted by Gasteiger charge is -2.19. The third-order valence-corrected chi connectivity index (χ3v) is 3.34. The van der Waals surface area contributed by atoms with Gasteiger partial charge in [-0.25, -0.2) is 4.79 Å². The molecule has 0 unspecified atom stereocenters. The van der Waals surface area contributed by atoms with E-state index in [1.807, 2.05) is 6.07 Å². The molecule has 6 nitrogen and oxygen atoms in total. The van der Waals surface area contributed by atoms with Gasteiger partial charge in [-0.2, -0.15) is 0 Å². The van der Waals surface area contributed by atoms with Crippen LogP contribution in [0.5, 0.6) is 11.5 Å². The molecule has 0 aliphatic rings. The highest BCUT2D eigenvalue weighted by Gasteiger charge is 2.15. The number of hydrogen-bond donors (Lipinski definition) is 2. The minimum Gasteiger partial charge on any atom is -0.507 e. The van der Waals surface area contributed by atoms with E-state index in [0.29, 0.717) is 17.9 Å². The second kappa shape index (κ2) is 7.42. The summed E-state index contributed by atoms with van der Waals surface area (Å²) in [5.74, 6) is 0.366. The number of hydrogen-bond acceptors (Lipinski definition) is 5. The molecule has 25 heavy (non-hydrogen) atoms. The van der Waals surface area contributed by atoms with E-state index in [0.717, 1.165) is 10.8 Å². The summed E-state index contributed by atoms with van der Waals surface area (Å²) in [6.45, 7) is 7.39. The molecule has 2 N–H and O–H groups in total. The Bertz CT molecular complexity index is 792. The molecule has 2 aromatic carbocycles. The second-order valence-electron chi connectivity index (χ2n) is 6.71. The quantitative estimate of drug-likeness (QED) is 0.638. The summed E-state index contributed by atoms with van der Waals surface area (Å²) in [5, 5.41) is 14.1. The molecule has 1 amide bonds. The van der Waals surface area contributed by atoms with Gasteiger partial charge in [0.25, 0.3) is 0 Å². The summed E-state index contributed by atoms with van der Waals surface area (Å²) in [6.07, 6.45) is -0.490. The van der Waals surface area contributed by atoms with Gasteiger partial charge >= 0.3 is 6.09 Å². The van der Waals surface area contributed by atoms with E-state index in [1.165, 1.54) is 13.0 Å². The maximum absolute atomic E-state index is 11.5. The van der Waals surface area contributed by atoms with Crippen molar-refractivity contribution in [3.63, 3.8) is 0 Å². The average molecular weight is 345 g/mol. The first-order chi connectivity index (χ1) is 11.7. The molecule has 0 atom stereocenters. The summed E-state index contributed by atoms with van der Waals surface area (Å²) in [6, 6.07) is 8.56. The van der Waals surface area contributed by atoms with Crippen LogP contribution < -0.4 is 10.1 Å². The van der Waals surface area contributed by atoms with Crippen molar-refractivity contribution in [2.75, 3.05) is 13.2 Å². The van der Waals surface area contributed by atoms with Crippen LogP contribution in [0.3, 0.4) is 0 Å². The smallest absolute Gasteiger partial charge is 0.407 e. The van der Waals surface area contributed by atoms with E-state index < -0.39 is 11.7 Å². The number of carbonyl (C=O) groups excluding carboxylic acids is 2. The fraction of sp³-hybridized carbons (Fsp3) is 0.368. The van der Waals surface area contributed by atoms with Gasteiger partial charge in [0.05, 0.1) is 12.1 Å². The average Bonchev–Trinajstić information content (AvgIpc) is 2.48. The fourth-order valence-corrected chi connectivity index (χ4v) is 2.27. The lowest BCUT2D eigenvalue weighted by molar-refractivity contribution is 0.0520. The monoisotopic (exact) mass is 345 g/mol. The summed E-state index contributed by atoms with van der Waals surface area (Å²) in [7, 11) is 0. The molecule has 2 rings (SSSR count). The molecule has 2 aromatic rings. The van der Waals surface area contributed by atoms with Gasteiger partial charge in [-0.05, 0) is 62.7 Å². The van der Waals surface area contributed by atoms with E-state index in [9.17, 15) is 14.7 Å². The zero-order chi connectivity index (χ0) is 18.6. The number of amides is 1. The summed E-state index contributed by atoms with van der Waals surface area (Å²) in [5.41, 5.74) is -0.243. The largest absolute Gasteiger partial charge is 0.507 e. The molecule has 0 aliphatic carbocycles. The molecule has 6 heteroatoms. The Morgan fingerprint density at radius 1 is 1.12 bits per heavy atom. The zero-order valence-corrected chi connectivity index (χ0v) is 14.9. The molecule has 0 aromatic heterocycles. The van der Waals surface area contributed by atoms with Crippen LogP contribution in [0.1, 0.15) is 38.1 Å². The number of ether oxygens (including phenoxy) is 2. The number of Topliss-reactive ketones (excluding diaryl/α,β-unsaturated/α-hetero) is 1. The maximum Gasteiger partial charge on any atom is 0.407 e. The van der Waals surface area contributed by atoms with Crippen LogP contribution in [0.2, 0.25) is 0 Å². The van der Waals surface area contributed by atoms with Crippen molar-refractivity contribution >= 4 is 22.6 Å². The van der Waals surface area contributed by atoms with Crippen molar-refractivity contribution in [2.45, 2.75) is 33.3 Å². The number of benzene rings is 2. The van der Waals surface area contributed by atoms with Gasteiger partial charge in [-0.3, -0.25) is 4.79 Å². The van der Waals surface area contributed by atoms with Crippen LogP contribution in [-0.4, -0.2) is 35.7 Å². The number of alkyl carbamates (subject to hydrolysis) is 1. The number of fused-ring (bicyclic) bond motifs is 1. The first kappa shape index (κ1) is 18.6. The number of carbonyl (C=O) groups is 2. The van der Waals surface area contributed by atoms with Crippen molar-refractivity contribution in [1.29, 1.82) is 0 Å². The summed E-state index contributed by atoms with van der Waals surface area (Å²) in [4.78, 5) is 23.0. The van der Waals surface area contributed by atoms with Gasteiger partial charge in [0.15, 0.2) is 5.78 Å². The molecule has 0 fully saturated rings. The number of rotatable bonds is 5. The number of nitrogens with one attached hydrogen (secondary N) is 1. The van der Waals surface area contributed by atoms with Gasteiger partial charge in [0.1, 0.15) is 23.7 Å². The fourth-order valence-electron chi connectivity index (χ4n) is 2.27. The van der Waals surface area contributed by atoms with E-state index >= 15 is 0 Å². The van der Waals surface area contributed by atoms with Crippen molar-refractivity contribution < 1.29 is 24.2 Å². The van der Waals surface area contributed by atoms with Crippen molar-refractivity contribution in [1.82, 2.24) is 5.32 Å². The number of phenolic OH excluding ortho intramolecular Hbond substituents is 1. The topological polar surface area (TPSA) is 84.9 Å². The molecular weight excluding hydrogens is 322 g/mol. The Morgan fingerprint density at radius 3 is 2.48 bits per heavy atom. The Labute approximate surface area is 146 Å². The van der Waals surface area contributed by atoms with Crippen LogP contribution in [0.25, 0.3) is 10.8 Å². The van der Waals surface area contributed by atoms with E-state index in [-0.39, 0.29) is 18.1 Å². The molecule has 0 spiro atoms. The number of ketones is 1. The van der Waals surface area contributed by atoms with Crippen LogP contribution in [0.4, 0.5) is 4.79 Å². The van der Waals surface area contributed by atoms with Gasteiger partial charge in [0.2, 0.25) is 0 Å². The predicted molar refractivity (Wildman–Crippen MR) is 95.3 cm³/mol. The standard InChI is InChI=1S/C19H23NO5/c1-12(21)16-10-13-5-6-15(9-14(13)11-17(16)22)24-8-7-20-18(23)25-19(2,3)4/h5-6,9-11,22H,7-8H2,1-4H3,(H,20,23). The van der Waals surface area contributed by atoms with Crippen LogP contribution in [0.15, 0.2) is 30.3 Å². The first-order valence-corrected chi connectivity index (χ1v) is 8.03. The third kappa shape index (κ3) is 5.38. The highest BCUT2D eigenvalue weighted by molar-refractivity contribution is 6.01.